The smallest absolute Gasteiger partial charge is 0.315 e. The third kappa shape index (κ3) is 4.77. The van der Waals surface area contributed by atoms with E-state index in [4.69, 9.17) is 9.47 Å². The largest absolute Gasteiger partial charge is 0.350 e. The molecule has 4 saturated carbocycles. The lowest BCUT2D eigenvalue weighted by atomic mass is 9.34. The zero-order chi connectivity index (χ0) is 32.1. The van der Waals surface area contributed by atoms with E-state index in [9.17, 15) is 4.79 Å². The van der Waals surface area contributed by atoms with Crippen LogP contribution in [0.2, 0.25) is 0 Å². The lowest BCUT2D eigenvalue weighted by Gasteiger charge is -2.72. The van der Waals surface area contributed by atoms with Crippen LogP contribution < -0.4 is 10.6 Å². The molecule has 1 aromatic heterocycles. The molecule has 45 heavy (non-hydrogen) atoms. The molecule has 0 spiro atoms. The van der Waals surface area contributed by atoms with E-state index in [1.165, 1.54) is 19.3 Å². The maximum atomic E-state index is 13.5. The highest BCUT2D eigenvalue weighted by molar-refractivity contribution is 5.75. The molecule has 0 aromatic carbocycles. The molecule has 1 aliphatic heterocycles. The molecule has 5 fully saturated rings. The molecule has 6 aliphatic rings. The topological polar surface area (TPSA) is 72.5 Å². The number of nitrogens with zero attached hydrogens (tertiary/aromatic N) is 1. The molecule has 6 heteroatoms. The van der Waals surface area contributed by atoms with Crippen LogP contribution in [0.1, 0.15) is 125 Å². The molecule has 248 valence electrons. The van der Waals surface area contributed by atoms with Gasteiger partial charge in [0.25, 0.3) is 0 Å². The Bertz CT molecular complexity index is 1360. The number of urea groups is 1. The van der Waals surface area contributed by atoms with Crippen molar-refractivity contribution in [3.63, 3.8) is 0 Å². The van der Waals surface area contributed by atoms with Gasteiger partial charge in [0.05, 0.1) is 12.7 Å². The van der Waals surface area contributed by atoms with Crippen molar-refractivity contribution in [2.24, 2.45) is 44.8 Å². The minimum Gasteiger partial charge on any atom is -0.350 e. The highest BCUT2D eigenvalue weighted by atomic mass is 16.7. The summed E-state index contributed by atoms with van der Waals surface area (Å²) in [5, 5.41) is 6.80. The summed E-state index contributed by atoms with van der Waals surface area (Å²) in [4.78, 5) is 17.7. The number of nitrogens with one attached hydrogen (secondary N) is 2. The van der Waals surface area contributed by atoms with Gasteiger partial charge in [-0.2, -0.15) is 0 Å². The SMILES string of the molecule is CC1(C)CC[C@]2(NC(=O)NCc3cccnc3)CC[C@]3(C)C(=CC[C@@H]4[C@@]5(C)CC[C@@H]6OC(C)(C)OC[C@@]6(C)[C@@H]5CC[C@]43C)[C@@H]2C1. The van der Waals surface area contributed by atoms with Gasteiger partial charge < -0.3 is 20.1 Å². The molecular weight excluding hydrogens is 558 g/mol. The Morgan fingerprint density at radius 3 is 2.47 bits per heavy atom. The number of pyridine rings is 1. The van der Waals surface area contributed by atoms with Crippen molar-refractivity contribution in [1.82, 2.24) is 15.6 Å². The second-order valence-corrected chi connectivity index (χ2v) is 18.4. The Kier molecular flexibility index (Phi) is 7.24. The van der Waals surface area contributed by atoms with E-state index >= 15 is 0 Å². The van der Waals surface area contributed by atoms with Gasteiger partial charge in [-0.25, -0.2) is 4.79 Å². The zero-order valence-corrected chi connectivity index (χ0v) is 29.4. The van der Waals surface area contributed by atoms with Crippen LogP contribution in [-0.2, 0) is 16.0 Å². The lowest BCUT2D eigenvalue weighted by Crippen LogP contribution is -2.69. The van der Waals surface area contributed by atoms with Crippen LogP contribution in [0.15, 0.2) is 36.2 Å². The van der Waals surface area contributed by atoms with Crippen LogP contribution >= 0.6 is 0 Å². The number of ether oxygens (including phenoxy) is 2. The van der Waals surface area contributed by atoms with Crippen molar-refractivity contribution in [2.45, 2.75) is 144 Å². The Labute approximate surface area is 272 Å². The second-order valence-electron chi connectivity index (χ2n) is 18.4. The molecule has 1 aromatic rings. The summed E-state index contributed by atoms with van der Waals surface area (Å²) >= 11 is 0. The van der Waals surface area contributed by atoms with E-state index in [1.807, 2.05) is 18.3 Å². The van der Waals surface area contributed by atoms with Crippen LogP contribution in [0.3, 0.4) is 0 Å². The standard InChI is InChI=1S/C39H59N3O3/c1-33(2)17-19-39(42-32(43)41-24-26-10-9-21-40-23-26)20-18-37(7)27(28(39)22-33)11-12-30-35(5)15-14-31-36(6,25-44-34(3,4)45-31)29(35)13-16-38(30,37)8/h9-11,21,23,28-31H,12-20,22,24-25H2,1-8H3,(H2,41,42,43)/t28-,29+,30+,31-,35-,36-,37+,38+,39-/m0/s1. The Hall–Kier alpha value is -1.92. The Balaban J connectivity index is 1.19. The summed E-state index contributed by atoms with van der Waals surface area (Å²) in [7, 11) is 0. The number of hydrogen-bond donors (Lipinski definition) is 2. The van der Waals surface area contributed by atoms with Gasteiger partial charge in [0.15, 0.2) is 5.79 Å². The van der Waals surface area contributed by atoms with Gasteiger partial charge in [0.1, 0.15) is 0 Å². The molecule has 2 amide bonds. The molecule has 7 rings (SSSR count). The van der Waals surface area contributed by atoms with Crippen molar-refractivity contribution in [1.29, 1.82) is 0 Å². The molecular formula is C39H59N3O3. The summed E-state index contributed by atoms with van der Waals surface area (Å²) in [6.07, 6.45) is 18.2. The third-order valence-electron chi connectivity index (χ3n) is 15.1. The van der Waals surface area contributed by atoms with Gasteiger partial charge in [-0.1, -0.05) is 59.3 Å². The fourth-order valence-electron chi connectivity index (χ4n) is 12.3. The van der Waals surface area contributed by atoms with Crippen LogP contribution in [-0.4, -0.2) is 35.1 Å². The predicted molar refractivity (Wildman–Crippen MR) is 178 cm³/mol. The number of carbonyl (C=O) groups is 1. The summed E-state index contributed by atoms with van der Waals surface area (Å²) in [6.45, 7) is 20.8. The van der Waals surface area contributed by atoms with E-state index in [2.05, 4.69) is 77.1 Å². The van der Waals surface area contributed by atoms with Gasteiger partial charge in [-0.15, -0.1) is 0 Å². The summed E-state index contributed by atoms with van der Waals surface area (Å²) in [5.74, 6) is 1.15. The van der Waals surface area contributed by atoms with Gasteiger partial charge >= 0.3 is 6.03 Å². The number of rotatable bonds is 3. The molecule has 5 aliphatic carbocycles. The minimum absolute atomic E-state index is 0.0363. The maximum Gasteiger partial charge on any atom is 0.315 e. The van der Waals surface area contributed by atoms with Crippen molar-refractivity contribution < 1.29 is 14.3 Å². The first-order valence-corrected chi connectivity index (χ1v) is 18.0. The highest BCUT2D eigenvalue weighted by Crippen LogP contribution is 2.75. The van der Waals surface area contributed by atoms with E-state index in [0.29, 0.717) is 24.3 Å². The van der Waals surface area contributed by atoms with E-state index in [-0.39, 0.29) is 44.7 Å². The van der Waals surface area contributed by atoms with Crippen LogP contribution in [0, 0.1) is 44.8 Å². The summed E-state index contributed by atoms with van der Waals surface area (Å²) in [5.41, 5.74) is 3.48. The molecule has 9 atom stereocenters. The van der Waals surface area contributed by atoms with Crippen molar-refractivity contribution in [3.8, 4) is 0 Å². The molecule has 6 nitrogen and oxygen atoms in total. The van der Waals surface area contributed by atoms with Gasteiger partial charge in [0, 0.05) is 35.8 Å². The Morgan fingerprint density at radius 1 is 0.933 bits per heavy atom. The predicted octanol–water partition coefficient (Wildman–Crippen LogP) is 8.57. The first-order valence-electron chi connectivity index (χ1n) is 18.0. The van der Waals surface area contributed by atoms with Gasteiger partial charge in [-0.3, -0.25) is 4.98 Å². The highest BCUT2D eigenvalue weighted by Gasteiger charge is 2.70. The molecule has 0 bridgehead atoms. The zero-order valence-electron chi connectivity index (χ0n) is 29.4. The first kappa shape index (κ1) is 31.7. The first-order chi connectivity index (χ1) is 21.1. The van der Waals surface area contributed by atoms with E-state index in [0.717, 1.165) is 57.1 Å². The van der Waals surface area contributed by atoms with Crippen LogP contribution in [0.25, 0.3) is 0 Å². The number of amides is 2. The number of allylic oxidation sites excluding steroid dienone is 1. The maximum absolute atomic E-state index is 13.5. The fourth-order valence-corrected chi connectivity index (χ4v) is 12.3. The average Bonchev–Trinajstić information content (AvgIpc) is 2.98. The number of hydrogen-bond acceptors (Lipinski definition) is 4. The molecule has 0 unspecified atom stereocenters. The second kappa shape index (κ2) is 10.3. The lowest BCUT2D eigenvalue weighted by molar-refractivity contribution is -0.351. The summed E-state index contributed by atoms with van der Waals surface area (Å²) < 4.78 is 13.0. The Morgan fingerprint density at radius 2 is 1.71 bits per heavy atom. The quantitative estimate of drug-likeness (QED) is 0.333. The number of aromatic nitrogens is 1. The van der Waals surface area contributed by atoms with Gasteiger partial charge in [-0.05, 0) is 123 Å². The minimum atomic E-state index is -0.483. The monoisotopic (exact) mass is 617 g/mol. The normalized spacial score (nSPS) is 46.2. The van der Waals surface area contributed by atoms with Crippen molar-refractivity contribution in [2.75, 3.05) is 6.61 Å². The number of fused-ring (bicyclic) bond motifs is 9. The van der Waals surface area contributed by atoms with Crippen molar-refractivity contribution in [3.05, 3.63) is 41.7 Å². The van der Waals surface area contributed by atoms with E-state index in [1.54, 1.807) is 11.8 Å². The van der Waals surface area contributed by atoms with Crippen molar-refractivity contribution >= 4 is 6.03 Å². The van der Waals surface area contributed by atoms with E-state index < -0.39 is 5.79 Å². The molecule has 1 saturated heterocycles. The van der Waals surface area contributed by atoms with Crippen LogP contribution in [0.4, 0.5) is 4.79 Å². The molecule has 2 N–H and O–H groups in total. The fraction of sp³-hybridized carbons (Fsp3) is 0.795. The van der Waals surface area contributed by atoms with Crippen LogP contribution in [0.5, 0.6) is 0 Å². The van der Waals surface area contributed by atoms with Gasteiger partial charge in [0.2, 0.25) is 0 Å². The average molecular weight is 618 g/mol. The number of carbonyl (C=O) groups excluding carboxylic acids is 1. The summed E-state index contributed by atoms with van der Waals surface area (Å²) in [6, 6.07) is 3.91. The third-order valence-corrected chi connectivity index (χ3v) is 15.1. The molecule has 2 heterocycles. The molecule has 0 radical (unpaired) electrons.